The number of benzene rings is 1. The third-order valence-electron chi connectivity index (χ3n) is 4.97. The molecule has 2 N–H and O–H groups in total. The lowest BCUT2D eigenvalue weighted by atomic mass is 9.95. The summed E-state index contributed by atoms with van der Waals surface area (Å²) in [6, 6.07) is 2.89. The zero-order valence-electron chi connectivity index (χ0n) is 15.5. The van der Waals surface area contributed by atoms with Crippen LogP contribution in [0.5, 0.6) is 0 Å². The number of hydrogen-bond donors (Lipinski definition) is 2. The largest absolute Gasteiger partial charge is 0.309 e. The molecule has 6 heteroatoms. The summed E-state index contributed by atoms with van der Waals surface area (Å²) in [5.74, 6) is -0.327. The Balaban J connectivity index is 1.86. The van der Waals surface area contributed by atoms with Crippen LogP contribution in [-0.2, 0) is 13.0 Å². The van der Waals surface area contributed by atoms with E-state index >= 15 is 0 Å². The van der Waals surface area contributed by atoms with Crippen LogP contribution in [0.25, 0.3) is 0 Å². The van der Waals surface area contributed by atoms with Crippen LogP contribution in [0.1, 0.15) is 47.7 Å². The Hall–Kier alpha value is -1.50. The second-order valence-electron chi connectivity index (χ2n) is 7.40. The van der Waals surface area contributed by atoms with E-state index < -0.39 is 5.91 Å². The van der Waals surface area contributed by atoms with Crippen molar-refractivity contribution >= 4 is 5.91 Å². The summed E-state index contributed by atoms with van der Waals surface area (Å²) < 4.78 is 14.3. The van der Waals surface area contributed by atoms with Gasteiger partial charge in [0.2, 0.25) is 0 Å². The molecule has 0 fully saturated rings. The number of rotatable bonds is 8. The molecule has 2 rings (SSSR count). The van der Waals surface area contributed by atoms with Crippen LogP contribution >= 0.6 is 0 Å². The summed E-state index contributed by atoms with van der Waals surface area (Å²) >= 11 is 0. The normalized spacial score (nSPS) is 15.9. The second kappa shape index (κ2) is 9.27. The van der Waals surface area contributed by atoms with E-state index in [9.17, 15) is 9.18 Å². The van der Waals surface area contributed by atoms with E-state index in [2.05, 4.69) is 30.8 Å². The lowest BCUT2D eigenvalue weighted by Gasteiger charge is -2.29. The van der Waals surface area contributed by atoms with Gasteiger partial charge in [-0.05, 0) is 76.5 Å². The van der Waals surface area contributed by atoms with E-state index in [1.54, 1.807) is 11.5 Å². The van der Waals surface area contributed by atoms with E-state index in [0.717, 1.165) is 38.0 Å². The maximum atomic E-state index is 14.3. The first-order chi connectivity index (χ1) is 11.9. The molecule has 0 unspecified atom stereocenters. The highest BCUT2D eigenvalue weighted by atomic mass is 19.1. The minimum absolute atomic E-state index is 0.168. The predicted molar refractivity (Wildman–Crippen MR) is 96.2 cm³/mol. The quantitative estimate of drug-likeness (QED) is 0.558. The number of amides is 1. The van der Waals surface area contributed by atoms with Crippen molar-refractivity contribution in [3.8, 4) is 0 Å². The van der Waals surface area contributed by atoms with Crippen molar-refractivity contribution in [2.75, 3.05) is 33.7 Å². The van der Waals surface area contributed by atoms with Gasteiger partial charge in [-0.15, -0.1) is 0 Å². The number of fused-ring (bicyclic) bond motifs is 1. The average molecular weight is 351 g/mol. The summed E-state index contributed by atoms with van der Waals surface area (Å²) in [6.45, 7) is 5.86. The molecule has 0 saturated heterocycles. The molecule has 1 amide bonds. The Labute approximate surface area is 149 Å². The van der Waals surface area contributed by atoms with E-state index in [0.29, 0.717) is 18.0 Å². The van der Waals surface area contributed by atoms with E-state index in [1.807, 2.05) is 0 Å². The molecule has 5 nitrogen and oxygen atoms in total. The number of nitrogens with zero attached hydrogens (tertiary/aromatic N) is 2. The standard InChI is InChI=1S/C19H30FN3O2/c1-14(6-9-22(2)3)5-4-8-23-10-7-15-11-16(19(24)21-25)12-18(20)17(15)13-23/h11-12,14,25H,4-10,13H2,1-3H3,(H,21,24)/t14-/m1/s1. The summed E-state index contributed by atoms with van der Waals surface area (Å²) in [7, 11) is 4.20. The minimum Gasteiger partial charge on any atom is -0.309 e. The Kier molecular flexibility index (Phi) is 7.35. The third-order valence-corrected chi connectivity index (χ3v) is 4.97. The van der Waals surface area contributed by atoms with E-state index in [1.165, 1.54) is 18.9 Å². The SMILES string of the molecule is C[C@H](CCCN1CCc2cc(C(=O)NO)cc(F)c2C1)CCN(C)C. The molecule has 0 spiro atoms. The summed E-state index contributed by atoms with van der Waals surface area (Å²) in [5, 5.41) is 8.70. The molecule has 1 aliphatic heterocycles. The summed E-state index contributed by atoms with van der Waals surface area (Å²) in [6.07, 6.45) is 4.25. The fourth-order valence-electron chi connectivity index (χ4n) is 3.35. The first kappa shape index (κ1) is 19.8. The molecule has 0 radical (unpaired) electrons. The lowest BCUT2D eigenvalue weighted by molar-refractivity contribution is 0.0705. The van der Waals surface area contributed by atoms with Crippen LogP contribution in [0.3, 0.4) is 0 Å². The fourth-order valence-corrected chi connectivity index (χ4v) is 3.35. The molecular formula is C19H30FN3O2. The van der Waals surface area contributed by atoms with E-state index in [-0.39, 0.29) is 11.4 Å². The molecule has 1 aliphatic rings. The minimum atomic E-state index is -0.671. The molecule has 0 saturated carbocycles. The maximum Gasteiger partial charge on any atom is 0.274 e. The molecule has 25 heavy (non-hydrogen) atoms. The molecule has 0 aromatic heterocycles. The van der Waals surface area contributed by atoms with Crippen molar-refractivity contribution in [2.45, 2.75) is 39.2 Å². The Bertz CT molecular complexity index is 592. The summed E-state index contributed by atoms with van der Waals surface area (Å²) in [4.78, 5) is 16.0. The number of nitrogens with one attached hydrogen (secondary N) is 1. The van der Waals surface area contributed by atoms with Gasteiger partial charge in [0.25, 0.3) is 5.91 Å². The summed E-state index contributed by atoms with van der Waals surface area (Å²) in [5.41, 5.74) is 3.28. The van der Waals surface area contributed by atoms with Gasteiger partial charge in [0.05, 0.1) is 0 Å². The van der Waals surface area contributed by atoms with Crippen molar-refractivity contribution in [3.63, 3.8) is 0 Å². The zero-order valence-corrected chi connectivity index (χ0v) is 15.5. The average Bonchev–Trinajstić information content (AvgIpc) is 2.59. The Morgan fingerprint density at radius 1 is 1.40 bits per heavy atom. The van der Waals surface area contributed by atoms with Gasteiger partial charge in [-0.2, -0.15) is 0 Å². The van der Waals surface area contributed by atoms with Crippen LogP contribution in [0.4, 0.5) is 4.39 Å². The smallest absolute Gasteiger partial charge is 0.274 e. The molecule has 0 aliphatic carbocycles. The van der Waals surface area contributed by atoms with E-state index in [4.69, 9.17) is 5.21 Å². The maximum absolute atomic E-state index is 14.3. The van der Waals surface area contributed by atoms with Crippen molar-refractivity contribution in [1.82, 2.24) is 15.3 Å². The Morgan fingerprint density at radius 2 is 2.16 bits per heavy atom. The van der Waals surface area contributed by atoms with Crippen molar-refractivity contribution in [1.29, 1.82) is 0 Å². The fraction of sp³-hybridized carbons (Fsp3) is 0.632. The second-order valence-corrected chi connectivity index (χ2v) is 7.40. The van der Waals surface area contributed by atoms with Gasteiger partial charge in [0.15, 0.2) is 0 Å². The number of carbonyl (C=O) groups is 1. The highest BCUT2D eigenvalue weighted by Gasteiger charge is 2.21. The monoisotopic (exact) mass is 351 g/mol. The van der Waals surface area contributed by atoms with Gasteiger partial charge in [-0.25, -0.2) is 9.87 Å². The van der Waals surface area contributed by atoms with Crippen molar-refractivity contribution < 1.29 is 14.4 Å². The number of hydroxylamine groups is 1. The number of halogens is 1. The lowest BCUT2D eigenvalue weighted by Crippen LogP contribution is -2.32. The van der Waals surface area contributed by atoms with Gasteiger partial charge in [0, 0.05) is 24.2 Å². The van der Waals surface area contributed by atoms with Gasteiger partial charge < -0.3 is 4.90 Å². The van der Waals surface area contributed by atoms with Gasteiger partial charge >= 0.3 is 0 Å². The predicted octanol–water partition coefficient (Wildman–Crippen LogP) is 2.67. The molecule has 1 heterocycles. The highest BCUT2D eigenvalue weighted by molar-refractivity contribution is 5.93. The first-order valence-corrected chi connectivity index (χ1v) is 9.03. The van der Waals surface area contributed by atoms with Crippen LogP contribution in [0.15, 0.2) is 12.1 Å². The highest BCUT2D eigenvalue weighted by Crippen LogP contribution is 2.24. The molecule has 1 atom stereocenters. The Morgan fingerprint density at radius 3 is 2.84 bits per heavy atom. The van der Waals surface area contributed by atoms with Gasteiger partial charge in [0.1, 0.15) is 5.82 Å². The molecule has 1 aromatic carbocycles. The van der Waals surface area contributed by atoms with Crippen LogP contribution in [-0.4, -0.2) is 54.6 Å². The molecule has 0 bridgehead atoms. The third kappa shape index (κ3) is 5.76. The van der Waals surface area contributed by atoms with Crippen molar-refractivity contribution in [3.05, 3.63) is 34.6 Å². The molecule has 1 aromatic rings. The molecular weight excluding hydrogens is 321 g/mol. The number of carbonyl (C=O) groups excluding carboxylic acids is 1. The van der Waals surface area contributed by atoms with Crippen molar-refractivity contribution in [2.24, 2.45) is 5.92 Å². The van der Waals surface area contributed by atoms with Crippen LogP contribution in [0, 0.1) is 11.7 Å². The number of hydrogen-bond acceptors (Lipinski definition) is 4. The zero-order chi connectivity index (χ0) is 18.4. The topological polar surface area (TPSA) is 55.8 Å². The van der Waals surface area contributed by atoms with Gasteiger partial charge in [-0.1, -0.05) is 6.92 Å². The van der Waals surface area contributed by atoms with Crippen LogP contribution in [0.2, 0.25) is 0 Å². The first-order valence-electron chi connectivity index (χ1n) is 9.03. The van der Waals surface area contributed by atoms with Gasteiger partial charge in [-0.3, -0.25) is 14.9 Å². The molecule has 140 valence electrons. The van der Waals surface area contributed by atoms with Crippen LogP contribution < -0.4 is 5.48 Å².